The maximum Gasteiger partial charge on any atom is 0.514 e. The van der Waals surface area contributed by atoms with E-state index in [1.165, 1.54) is 0 Å². The number of rotatable bonds is 10. The molecule has 2 aliphatic rings. The van der Waals surface area contributed by atoms with Gasteiger partial charge in [0.15, 0.2) is 13.2 Å². The summed E-state index contributed by atoms with van der Waals surface area (Å²) in [7, 11) is 0. The van der Waals surface area contributed by atoms with Gasteiger partial charge in [0.05, 0.1) is 39.6 Å². The third-order valence-corrected chi connectivity index (χ3v) is 2.70. The van der Waals surface area contributed by atoms with Gasteiger partial charge in [0.25, 0.3) is 0 Å². The molecule has 0 atom stereocenters. The number of carbonyl (C=O) groups is 2. The third kappa shape index (κ3) is 7.13. The molecular weight excluding hydrogens is 312 g/mol. The van der Waals surface area contributed by atoms with Gasteiger partial charge in [-0.15, -0.1) is 0 Å². The van der Waals surface area contributed by atoms with Crippen LogP contribution < -0.4 is 0 Å². The highest BCUT2D eigenvalue weighted by Gasteiger charge is 2.18. The number of carbonyl (C=O) groups excluding carboxylic acids is 2. The fourth-order valence-electron chi connectivity index (χ4n) is 1.60. The van der Waals surface area contributed by atoms with E-state index in [4.69, 9.17) is 23.7 Å². The second-order valence-corrected chi connectivity index (χ2v) is 4.38. The molecule has 0 saturated carbocycles. The number of hydrogen-bond acceptors (Lipinski definition) is 9. The number of hydrogen-bond donors (Lipinski definition) is 0. The van der Waals surface area contributed by atoms with Crippen LogP contribution >= 0.6 is 0 Å². The van der Waals surface area contributed by atoms with Crippen LogP contribution in [0.4, 0.5) is 9.59 Å². The number of cyclic esters (lactones) is 4. The first kappa shape index (κ1) is 17.3. The van der Waals surface area contributed by atoms with E-state index in [-0.39, 0.29) is 13.2 Å². The quantitative estimate of drug-likeness (QED) is 0.431. The lowest BCUT2D eigenvalue weighted by Gasteiger charge is -2.04. The number of ether oxygens (including phenoxy) is 7. The van der Waals surface area contributed by atoms with Crippen molar-refractivity contribution in [2.24, 2.45) is 0 Å². The van der Waals surface area contributed by atoms with E-state index >= 15 is 0 Å². The van der Waals surface area contributed by atoms with Gasteiger partial charge in [0.2, 0.25) is 0 Å². The van der Waals surface area contributed by atoms with Crippen molar-refractivity contribution in [3.05, 3.63) is 23.7 Å². The Morgan fingerprint density at radius 3 is 1.57 bits per heavy atom. The average Bonchev–Trinajstić information content (AvgIpc) is 3.13. The van der Waals surface area contributed by atoms with E-state index in [0.717, 1.165) is 0 Å². The van der Waals surface area contributed by atoms with E-state index in [2.05, 4.69) is 9.47 Å². The standard InChI is InChI=1S/C14H18O9/c15-13-20-9-11(22-13)1-3-17-5-7-19-8-6-18-4-2-12-10-21-14(16)23-12/h1-2H,3-10H2/b11-1+,12-2?. The van der Waals surface area contributed by atoms with Gasteiger partial charge in [0, 0.05) is 0 Å². The SMILES string of the molecule is O=C1OCC(=CCOCCOCCOC/C=C2\COC(=O)O2)O1. The Hall–Kier alpha value is -2.10. The Labute approximate surface area is 132 Å². The third-order valence-electron chi connectivity index (χ3n) is 2.70. The van der Waals surface area contributed by atoms with Crippen LogP contribution in [0.1, 0.15) is 0 Å². The molecule has 0 aromatic rings. The molecule has 0 aliphatic carbocycles. The van der Waals surface area contributed by atoms with Crippen LogP contribution in [0.5, 0.6) is 0 Å². The van der Waals surface area contributed by atoms with Crippen LogP contribution in [0.25, 0.3) is 0 Å². The van der Waals surface area contributed by atoms with Crippen LogP contribution in [0.2, 0.25) is 0 Å². The molecule has 0 spiro atoms. The summed E-state index contributed by atoms with van der Waals surface area (Å²) in [6, 6.07) is 0. The predicted molar refractivity (Wildman–Crippen MR) is 73.5 cm³/mol. The highest BCUT2D eigenvalue weighted by Crippen LogP contribution is 2.09. The molecule has 0 aromatic carbocycles. The van der Waals surface area contributed by atoms with Crippen LogP contribution in [0, 0.1) is 0 Å². The van der Waals surface area contributed by atoms with Gasteiger partial charge in [-0.25, -0.2) is 9.59 Å². The fourth-order valence-corrected chi connectivity index (χ4v) is 1.60. The molecule has 2 fully saturated rings. The van der Waals surface area contributed by atoms with Crippen LogP contribution in [-0.2, 0) is 33.2 Å². The Bertz CT molecular complexity index is 427. The predicted octanol–water partition coefficient (Wildman–Crippen LogP) is 1.14. The minimum absolute atomic E-state index is 0.150. The molecule has 128 valence electrons. The molecule has 2 saturated heterocycles. The summed E-state index contributed by atoms with van der Waals surface area (Å²) in [6.07, 6.45) is 1.91. The first-order valence-corrected chi connectivity index (χ1v) is 7.04. The Morgan fingerprint density at radius 1 is 0.739 bits per heavy atom. The molecular formula is C14H18O9. The maximum atomic E-state index is 10.6. The van der Waals surface area contributed by atoms with Crippen molar-refractivity contribution in [2.75, 3.05) is 52.9 Å². The molecule has 0 radical (unpaired) electrons. The summed E-state index contributed by atoms with van der Waals surface area (Å²) in [4.78, 5) is 21.3. The molecule has 9 nitrogen and oxygen atoms in total. The molecule has 0 N–H and O–H groups in total. The van der Waals surface area contributed by atoms with E-state index in [9.17, 15) is 9.59 Å². The van der Waals surface area contributed by atoms with Crippen molar-refractivity contribution in [2.45, 2.75) is 0 Å². The van der Waals surface area contributed by atoms with E-state index in [1.54, 1.807) is 12.2 Å². The van der Waals surface area contributed by atoms with Crippen LogP contribution in [-0.4, -0.2) is 65.2 Å². The summed E-state index contributed by atoms with van der Waals surface area (Å²) < 4.78 is 34.5. The topological polar surface area (TPSA) is 98.8 Å². The summed E-state index contributed by atoms with van der Waals surface area (Å²) in [5, 5.41) is 0. The lowest BCUT2D eigenvalue weighted by molar-refractivity contribution is 0.0247. The van der Waals surface area contributed by atoms with Gasteiger partial charge in [0.1, 0.15) is 11.5 Å². The smallest absolute Gasteiger partial charge is 0.426 e. The van der Waals surface area contributed by atoms with Crippen LogP contribution in [0.15, 0.2) is 23.7 Å². The summed E-state index contributed by atoms with van der Waals surface area (Å²) in [5.74, 6) is 0.911. The van der Waals surface area contributed by atoms with E-state index < -0.39 is 12.3 Å². The van der Waals surface area contributed by atoms with Crippen molar-refractivity contribution in [1.82, 2.24) is 0 Å². The highest BCUT2D eigenvalue weighted by atomic mass is 16.8. The zero-order valence-electron chi connectivity index (χ0n) is 12.5. The fraction of sp³-hybridized carbons (Fsp3) is 0.571. The maximum absolute atomic E-state index is 10.6. The van der Waals surface area contributed by atoms with Crippen molar-refractivity contribution in [3.8, 4) is 0 Å². The molecule has 23 heavy (non-hydrogen) atoms. The van der Waals surface area contributed by atoms with Gasteiger partial charge in [-0.3, -0.25) is 0 Å². The van der Waals surface area contributed by atoms with E-state index in [0.29, 0.717) is 51.2 Å². The van der Waals surface area contributed by atoms with E-state index in [1.807, 2.05) is 0 Å². The molecule has 9 heteroatoms. The second kappa shape index (κ2) is 9.82. The van der Waals surface area contributed by atoms with Crippen molar-refractivity contribution in [3.63, 3.8) is 0 Å². The molecule has 2 rings (SSSR count). The average molecular weight is 330 g/mol. The Balaban J connectivity index is 1.36. The molecule has 2 heterocycles. The first-order chi connectivity index (χ1) is 11.2. The van der Waals surface area contributed by atoms with Gasteiger partial charge >= 0.3 is 12.3 Å². The first-order valence-electron chi connectivity index (χ1n) is 7.04. The molecule has 0 bridgehead atoms. The summed E-state index contributed by atoms with van der Waals surface area (Å²) in [6.45, 7) is 2.62. The zero-order valence-corrected chi connectivity index (χ0v) is 12.5. The molecule has 2 aliphatic heterocycles. The normalized spacial score (nSPS) is 20.5. The summed E-state index contributed by atoms with van der Waals surface area (Å²) >= 11 is 0. The van der Waals surface area contributed by atoms with Crippen molar-refractivity contribution < 1.29 is 42.7 Å². The van der Waals surface area contributed by atoms with Crippen molar-refractivity contribution in [1.29, 1.82) is 0 Å². The molecule has 0 aromatic heterocycles. The van der Waals surface area contributed by atoms with Gasteiger partial charge in [-0.1, -0.05) is 0 Å². The molecule has 0 amide bonds. The van der Waals surface area contributed by atoms with Crippen molar-refractivity contribution >= 4 is 12.3 Å². The van der Waals surface area contributed by atoms with Gasteiger partial charge in [-0.05, 0) is 12.2 Å². The summed E-state index contributed by atoms with van der Waals surface area (Å²) in [5.41, 5.74) is 0. The minimum Gasteiger partial charge on any atom is -0.426 e. The van der Waals surface area contributed by atoms with Gasteiger partial charge in [-0.2, -0.15) is 0 Å². The van der Waals surface area contributed by atoms with Gasteiger partial charge < -0.3 is 33.2 Å². The Morgan fingerprint density at radius 2 is 1.17 bits per heavy atom. The Kier molecular flexibility index (Phi) is 7.37. The van der Waals surface area contributed by atoms with Crippen LogP contribution in [0.3, 0.4) is 0 Å². The molecule has 0 unspecified atom stereocenters. The zero-order chi connectivity index (χ0) is 16.3. The minimum atomic E-state index is -0.686. The lowest BCUT2D eigenvalue weighted by Crippen LogP contribution is -2.09. The lowest BCUT2D eigenvalue weighted by atomic mass is 10.5. The second-order valence-electron chi connectivity index (χ2n) is 4.38. The largest absolute Gasteiger partial charge is 0.514 e. The monoisotopic (exact) mass is 330 g/mol. The highest BCUT2D eigenvalue weighted by molar-refractivity contribution is 5.64.